The van der Waals surface area contributed by atoms with Gasteiger partial charge >= 0.3 is 0 Å². The number of rotatable bonds is 4. The quantitative estimate of drug-likeness (QED) is 0.827. The molecule has 18 heavy (non-hydrogen) atoms. The van der Waals surface area contributed by atoms with E-state index < -0.39 is 0 Å². The van der Waals surface area contributed by atoms with Crippen molar-refractivity contribution in [1.29, 1.82) is 0 Å². The van der Waals surface area contributed by atoms with E-state index in [1.807, 2.05) is 0 Å². The Hall–Kier alpha value is -0.0800. The predicted molar refractivity (Wildman–Crippen MR) is 78.8 cm³/mol. The third kappa shape index (κ3) is 3.96. The summed E-state index contributed by atoms with van der Waals surface area (Å²) < 4.78 is 0. The van der Waals surface area contributed by atoms with Crippen LogP contribution in [0.3, 0.4) is 0 Å². The van der Waals surface area contributed by atoms with Gasteiger partial charge in [0.1, 0.15) is 0 Å². The molecule has 2 aliphatic heterocycles. The zero-order valence-corrected chi connectivity index (χ0v) is 12.6. The van der Waals surface area contributed by atoms with Crippen LogP contribution in [0.25, 0.3) is 0 Å². The van der Waals surface area contributed by atoms with Crippen LogP contribution >= 0.6 is 0 Å². The van der Waals surface area contributed by atoms with Crippen molar-refractivity contribution >= 4 is 0 Å². The van der Waals surface area contributed by atoms with Gasteiger partial charge in [-0.2, -0.15) is 0 Å². The maximum atomic E-state index is 3.49. The van der Waals surface area contributed by atoms with Crippen LogP contribution in [0, 0.1) is 17.8 Å². The van der Waals surface area contributed by atoms with Gasteiger partial charge < -0.3 is 10.2 Å². The number of hydrogen-bond donors (Lipinski definition) is 1. The van der Waals surface area contributed by atoms with E-state index in [2.05, 4.69) is 31.0 Å². The van der Waals surface area contributed by atoms with E-state index in [1.54, 1.807) is 0 Å². The topological polar surface area (TPSA) is 15.3 Å². The highest BCUT2D eigenvalue weighted by Gasteiger charge is 2.26. The summed E-state index contributed by atoms with van der Waals surface area (Å²) in [7, 11) is 0. The molecule has 0 aromatic rings. The lowest BCUT2D eigenvalue weighted by Crippen LogP contribution is -2.41. The Morgan fingerprint density at radius 3 is 2.50 bits per heavy atom. The molecule has 0 spiro atoms. The van der Waals surface area contributed by atoms with E-state index in [0.29, 0.717) is 0 Å². The molecule has 0 amide bonds. The van der Waals surface area contributed by atoms with Crippen molar-refractivity contribution in [1.82, 2.24) is 10.2 Å². The standard InChI is InChI=1S/C16H32N2/c1-13(2)18-10-4-5-15(12-18)11-14(3)16-6-8-17-9-7-16/h13-17H,4-12H2,1-3H3. The van der Waals surface area contributed by atoms with E-state index in [-0.39, 0.29) is 0 Å². The lowest BCUT2D eigenvalue weighted by molar-refractivity contribution is 0.115. The normalized spacial score (nSPS) is 29.7. The van der Waals surface area contributed by atoms with Gasteiger partial charge in [-0.3, -0.25) is 0 Å². The van der Waals surface area contributed by atoms with Gasteiger partial charge in [0.05, 0.1) is 0 Å². The lowest BCUT2D eigenvalue weighted by Gasteiger charge is -2.38. The minimum absolute atomic E-state index is 0.738. The van der Waals surface area contributed by atoms with Gasteiger partial charge in [0, 0.05) is 12.6 Å². The first-order valence-electron chi connectivity index (χ1n) is 8.11. The van der Waals surface area contributed by atoms with Crippen LogP contribution in [0.4, 0.5) is 0 Å². The van der Waals surface area contributed by atoms with Crippen LogP contribution in [-0.4, -0.2) is 37.1 Å². The summed E-state index contributed by atoms with van der Waals surface area (Å²) in [6.07, 6.45) is 7.16. The second kappa shape index (κ2) is 6.91. The summed E-state index contributed by atoms with van der Waals surface area (Å²) in [6, 6.07) is 0.738. The smallest absolute Gasteiger partial charge is 0.00387 e. The van der Waals surface area contributed by atoms with Gasteiger partial charge in [0.15, 0.2) is 0 Å². The Kier molecular flexibility index (Phi) is 5.50. The molecule has 2 unspecified atom stereocenters. The molecular weight excluding hydrogens is 220 g/mol. The van der Waals surface area contributed by atoms with Crippen LogP contribution < -0.4 is 5.32 Å². The molecule has 0 saturated carbocycles. The summed E-state index contributed by atoms with van der Waals surface area (Å²) >= 11 is 0. The molecular formula is C16H32N2. The van der Waals surface area contributed by atoms with E-state index >= 15 is 0 Å². The van der Waals surface area contributed by atoms with Gasteiger partial charge in [-0.1, -0.05) is 6.92 Å². The summed E-state index contributed by atoms with van der Waals surface area (Å²) in [6.45, 7) is 12.4. The van der Waals surface area contributed by atoms with Crippen LogP contribution in [-0.2, 0) is 0 Å². The molecule has 2 nitrogen and oxygen atoms in total. The molecule has 0 aromatic heterocycles. The summed E-state index contributed by atoms with van der Waals surface area (Å²) in [5.74, 6) is 2.89. The van der Waals surface area contributed by atoms with E-state index in [4.69, 9.17) is 0 Å². The lowest BCUT2D eigenvalue weighted by atomic mass is 9.79. The van der Waals surface area contributed by atoms with Gasteiger partial charge in [0.2, 0.25) is 0 Å². The van der Waals surface area contributed by atoms with Crippen molar-refractivity contribution in [3.05, 3.63) is 0 Å². The average molecular weight is 252 g/mol. The Balaban J connectivity index is 1.77. The second-order valence-corrected chi connectivity index (χ2v) is 6.90. The zero-order chi connectivity index (χ0) is 13.0. The molecule has 0 radical (unpaired) electrons. The Morgan fingerprint density at radius 2 is 1.83 bits per heavy atom. The SMILES string of the molecule is CC(CC1CCCN(C(C)C)C1)C1CCNCC1. The minimum Gasteiger partial charge on any atom is -0.317 e. The van der Waals surface area contributed by atoms with Gasteiger partial charge in [-0.05, 0) is 83.3 Å². The van der Waals surface area contributed by atoms with Gasteiger partial charge in [0.25, 0.3) is 0 Å². The number of piperidine rings is 2. The molecule has 2 atom stereocenters. The molecule has 2 aliphatic rings. The van der Waals surface area contributed by atoms with Crippen molar-refractivity contribution in [3.63, 3.8) is 0 Å². The number of likely N-dealkylation sites (tertiary alicyclic amines) is 1. The van der Waals surface area contributed by atoms with Crippen molar-refractivity contribution < 1.29 is 0 Å². The molecule has 2 heteroatoms. The van der Waals surface area contributed by atoms with Crippen LogP contribution in [0.1, 0.15) is 52.9 Å². The van der Waals surface area contributed by atoms with Gasteiger partial charge in [-0.15, -0.1) is 0 Å². The second-order valence-electron chi connectivity index (χ2n) is 6.90. The van der Waals surface area contributed by atoms with Crippen molar-refractivity contribution in [2.24, 2.45) is 17.8 Å². The van der Waals surface area contributed by atoms with Crippen molar-refractivity contribution in [2.45, 2.75) is 58.9 Å². The van der Waals surface area contributed by atoms with E-state index in [0.717, 1.165) is 23.8 Å². The van der Waals surface area contributed by atoms with Crippen molar-refractivity contribution in [2.75, 3.05) is 26.2 Å². The van der Waals surface area contributed by atoms with Crippen molar-refractivity contribution in [3.8, 4) is 0 Å². The molecule has 0 bridgehead atoms. The Bertz CT molecular complexity index is 233. The first kappa shape index (κ1) is 14.3. The third-order valence-corrected chi connectivity index (χ3v) is 5.17. The average Bonchev–Trinajstić information content (AvgIpc) is 2.40. The summed E-state index contributed by atoms with van der Waals surface area (Å²) in [5, 5.41) is 3.49. The van der Waals surface area contributed by atoms with Crippen LogP contribution in [0.2, 0.25) is 0 Å². The summed E-state index contributed by atoms with van der Waals surface area (Å²) in [4.78, 5) is 2.68. The van der Waals surface area contributed by atoms with Crippen LogP contribution in [0.5, 0.6) is 0 Å². The molecule has 2 rings (SSSR count). The van der Waals surface area contributed by atoms with E-state index in [9.17, 15) is 0 Å². The molecule has 106 valence electrons. The highest BCUT2D eigenvalue weighted by Crippen LogP contribution is 2.31. The fraction of sp³-hybridized carbons (Fsp3) is 1.00. The highest BCUT2D eigenvalue weighted by molar-refractivity contribution is 4.80. The Morgan fingerprint density at radius 1 is 1.11 bits per heavy atom. The minimum atomic E-state index is 0.738. The zero-order valence-electron chi connectivity index (χ0n) is 12.6. The predicted octanol–water partition coefficient (Wildman–Crippen LogP) is 3.13. The largest absolute Gasteiger partial charge is 0.317 e. The molecule has 2 saturated heterocycles. The van der Waals surface area contributed by atoms with E-state index in [1.165, 1.54) is 58.3 Å². The molecule has 1 N–H and O–H groups in total. The van der Waals surface area contributed by atoms with Gasteiger partial charge in [-0.25, -0.2) is 0 Å². The number of nitrogens with zero attached hydrogens (tertiary/aromatic N) is 1. The maximum absolute atomic E-state index is 3.49. The van der Waals surface area contributed by atoms with Crippen LogP contribution in [0.15, 0.2) is 0 Å². The third-order valence-electron chi connectivity index (χ3n) is 5.17. The monoisotopic (exact) mass is 252 g/mol. The maximum Gasteiger partial charge on any atom is 0.00387 e. The first-order chi connectivity index (χ1) is 8.66. The number of nitrogens with one attached hydrogen (secondary N) is 1. The summed E-state index contributed by atoms with van der Waals surface area (Å²) in [5.41, 5.74) is 0. The fourth-order valence-electron chi connectivity index (χ4n) is 3.89. The molecule has 0 aromatic carbocycles. The first-order valence-corrected chi connectivity index (χ1v) is 8.11. The molecule has 2 fully saturated rings. The fourth-order valence-corrected chi connectivity index (χ4v) is 3.89. The molecule has 2 heterocycles. The Labute approximate surface area is 114 Å². The molecule has 0 aliphatic carbocycles. The highest BCUT2D eigenvalue weighted by atomic mass is 15.2. The number of hydrogen-bond acceptors (Lipinski definition) is 2.